The van der Waals surface area contributed by atoms with E-state index in [1.54, 1.807) is 11.3 Å². The van der Waals surface area contributed by atoms with E-state index in [0.29, 0.717) is 0 Å². The van der Waals surface area contributed by atoms with E-state index < -0.39 is 0 Å². The van der Waals surface area contributed by atoms with E-state index in [-0.39, 0.29) is 0 Å². The van der Waals surface area contributed by atoms with E-state index in [4.69, 9.17) is 4.98 Å². The Morgan fingerprint density at radius 2 is 1.89 bits per heavy atom. The van der Waals surface area contributed by atoms with Crippen molar-refractivity contribution in [2.24, 2.45) is 0 Å². The summed E-state index contributed by atoms with van der Waals surface area (Å²) in [6, 6.07) is 10.5. The maximum atomic E-state index is 4.75. The van der Waals surface area contributed by atoms with Crippen molar-refractivity contribution in [3.05, 3.63) is 41.3 Å². The molecular weight excluding hydrogens is 278 g/mol. The van der Waals surface area contributed by atoms with Gasteiger partial charge in [-0.2, -0.15) is 0 Å². The Kier molecular flexibility index (Phi) is 2.30. The van der Waals surface area contributed by atoms with Gasteiger partial charge in [-0.15, -0.1) is 34.0 Å². The molecule has 0 fully saturated rings. The van der Waals surface area contributed by atoms with Crippen LogP contribution in [0.5, 0.6) is 0 Å². The number of hydrogen-bond acceptors (Lipinski definition) is 4. The molecule has 0 N–H and O–H groups in total. The molecule has 0 radical (unpaired) electrons. The number of thiophene rings is 2. The third-order valence-electron chi connectivity index (χ3n) is 3.01. The number of aromatic nitrogens is 1. The Morgan fingerprint density at radius 3 is 2.72 bits per heavy atom. The number of benzene rings is 1. The van der Waals surface area contributed by atoms with Gasteiger partial charge < -0.3 is 0 Å². The highest BCUT2D eigenvalue weighted by Gasteiger charge is 2.14. The summed E-state index contributed by atoms with van der Waals surface area (Å²) in [5.41, 5.74) is 2.48. The molecule has 4 rings (SSSR count). The molecule has 0 aliphatic carbocycles. The van der Waals surface area contributed by atoms with Gasteiger partial charge in [-0.05, 0) is 36.1 Å². The zero-order valence-corrected chi connectivity index (χ0v) is 12.1. The number of para-hydroxylation sites is 1. The summed E-state index contributed by atoms with van der Waals surface area (Å²) in [6.45, 7) is 2.21. The molecule has 0 aliphatic heterocycles. The number of fused-ring (bicyclic) bond motifs is 2. The van der Waals surface area contributed by atoms with Crippen LogP contribution >= 0.6 is 34.0 Å². The minimum atomic E-state index is 1.11. The minimum Gasteiger partial charge on any atom is -0.235 e. The molecule has 0 unspecified atom stereocenters. The van der Waals surface area contributed by atoms with Gasteiger partial charge in [0.2, 0.25) is 0 Å². The lowest BCUT2D eigenvalue weighted by Crippen LogP contribution is -1.73. The predicted octanol–water partition coefficient (Wildman–Crippen LogP) is 5.55. The van der Waals surface area contributed by atoms with Gasteiger partial charge in [-0.1, -0.05) is 12.1 Å². The number of aryl methyl sites for hydroxylation is 1. The first-order chi connectivity index (χ1) is 8.83. The van der Waals surface area contributed by atoms with Crippen LogP contribution in [0.3, 0.4) is 0 Å². The van der Waals surface area contributed by atoms with E-state index >= 15 is 0 Å². The van der Waals surface area contributed by atoms with E-state index in [1.807, 2.05) is 28.7 Å². The lowest BCUT2D eigenvalue weighted by molar-refractivity contribution is 1.48. The van der Waals surface area contributed by atoms with Gasteiger partial charge >= 0.3 is 0 Å². The largest absolute Gasteiger partial charge is 0.235 e. The lowest BCUT2D eigenvalue weighted by atomic mass is 10.3. The molecule has 4 aromatic rings. The Morgan fingerprint density at radius 1 is 1.00 bits per heavy atom. The second kappa shape index (κ2) is 3.88. The molecule has 1 nitrogen and oxygen atoms in total. The maximum Gasteiger partial charge on any atom is 0.134 e. The first-order valence-corrected chi connectivity index (χ1v) is 8.17. The molecule has 0 aliphatic rings. The second-order valence-electron chi connectivity index (χ2n) is 4.16. The van der Waals surface area contributed by atoms with Crippen LogP contribution in [0.25, 0.3) is 29.5 Å². The van der Waals surface area contributed by atoms with Gasteiger partial charge in [0, 0.05) is 9.40 Å². The van der Waals surface area contributed by atoms with E-state index in [9.17, 15) is 0 Å². The monoisotopic (exact) mass is 287 g/mol. The van der Waals surface area contributed by atoms with Gasteiger partial charge in [-0.3, -0.25) is 0 Å². The van der Waals surface area contributed by atoms with Crippen LogP contribution in [-0.4, -0.2) is 4.98 Å². The molecule has 3 heterocycles. The molecule has 0 saturated heterocycles. The number of rotatable bonds is 1. The molecule has 18 heavy (non-hydrogen) atoms. The van der Waals surface area contributed by atoms with Crippen LogP contribution in [0, 0.1) is 6.92 Å². The molecular formula is C14H9NS3. The van der Waals surface area contributed by atoms with Gasteiger partial charge in [-0.25, -0.2) is 4.98 Å². The standard InChI is InChI=1S/C14H9NS3/c1-8-12-11(6-7-16-12)17-13(8)14-15-9-4-2-3-5-10(9)18-14/h2-7H,1H3. The van der Waals surface area contributed by atoms with Crippen molar-refractivity contribution in [2.45, 2.75) is 6.92 Å². The van der Waals surface area contributed by atoms with Crippen molar-refractivity contribution in [1.82, 2.24) is 4.98 Å². The summed E-state index contributed by atoms with van der Waals surface area (Å²) in [7, 11) is 0. The summed E-state index contributed by atoms with van der Waals surface area (Å²) >= 11 is 5.47. The summed E-state index contributed by atoms with van der Waals surface area (Å²) < 4.78 is 4.06. The van der Waals surface area contributed by atoms with E-state index in [1.165, 1.54) is 24.5 Å². The van der Waals surface area contributed by atoms with Gasteiger partial charge in [0.15, 0.2) is 0 Å². The summed E-state index contributed by atoms with van der Waals surface area (Å²) in [5, 5.41) is 3.32. The Hall–Kier alpha value is -1.23. The first-order valence-electron chi connectivity index (χ1n) is 5.65. The van der Waals surface area contributed by atoms with Crippen molar-refractivity contribution >= 4 is 53.6 Å². The smallest absolute Gasteiger partial charge is 0.134 e. The minimum absolute atomic E-state index is 1.11. The SMILES string of the molecule is Cc1c(-c2nc3ccccc3s2)sc2ccsc12. The molecule has 0 amide bonds. The maximum absolute atomic E-state index is 4.75. The summed E-state index contributed by atoms with van der Waals surface area (Å²) in [6.07, 6.45) is 0. The van der Waals surface area contributed by atoms with Crippen LogP contribution in [0.1, 0.15) is 5.56 Å². The zero-order valence-electron chi connectivity index (χ0n) is 9.64. The van der Waals surface area contributed by atoms with Crippen molar-refractivity contribution < 1.29 is 0 Å². The highest BCUT2D eigenvalue weighted by molar-refractivity contribution is 7.31. The normalized spacial score (nSPS) is 11.6. The van der Waals surface area contributed by atoms with Crippen LogP contribution in [0.2, 0.25) is 0 Å². The highest BCUT2D eigenvalue weighted by Crippen LogP contribution is 2.42. The molecule has 1 aromatic carbocycles. The number of thiazole rings is 1. The fourth-order valence-corrected chi connectivity index (χ4v) is 5.54. The third kappa shape index (κ3) is 1.46. The van der Waals surface area contributed by atoms with Crippen molar-refractivity contribution in [2.75, 3.05) is 0 Å². The summed E-state index contributed by atoms with van der Waals surface area (Å²) in [4.78, 5) is 6.08. The second-order valence-corrected chi connectivity index (χ2v) is 7.16. The predicted molar refractivity (Wildman–Crippen MR) is 83.1 cm³/mol. The average molecular weight is 287 g/mol. The number of hydrogen-bond donors (Lipinski definition) is 0. The molecule has 0 saturated carbocycles. The van der Waals surface area contributed by atoms with Gasteiger partial charge in [0.05, 0.1) is 15.1 Å². The Bertz CT molecular complexity index is 817. The van der Waals surface area contributed by atoms with Crippen molar-refractivity contribution in [3.8, 4) is 9.88 Å². The topological polar surface area (TPSA) is 12.9 Å². The van der Waals surface area contributed by atoms with Crippen LogP contribution < -0.4 is 0 Å². The third-order valence-corrected chi connectivity index (χ3v) is 6.62. The molecule has 0 atom stereocenters. The van der Waals surface area contributed by atoms with Crippen molar-refractivity contribution in [1.29, 1.82) is 0 Å². The quantitative estimate of drug-likeness (QED) is 0.447. The van der Waals surface area contributed by atoms with Crippen LogP contribution in [0.15, 0.2) is 35.7 Å². The lowest BCUT2D eigenvalue weighted by Gasteiger charge is -1.91. The molecule has 3 aromatic heterocycles. The first kappa shape index (κ1) is 10.7. The fourth-order valence-electron chi connectivity index (χ4n) is 2.11. The Balaban J connectivity index is 2.00. The van der Waals surface area contributed by atoms with Crippen molar-refractivity contribution in [3.63, 3.8) is 0 Å². The van der Waals surface area contributed by atoms with Crippen LogP contribution in [-0.2, 0) is 0 Å². The average Bonchev–Trinajstić information content (AvgIpc) is 3.04. The molecule has 4 heteroatoms. The van der Waals surface area contributed by atoms with Crippen LogP contribution in [0.4, 0.5) is 0 Å². The Labute approximate surface area is 116 Å². The molecule has 0 spiro atoms. The fraction of sp³-hybridized carbons (Fsp3) is 0.0714. The summed E-state index contributed by atoms with van der Waals surface area (Å²) in [5.74, 6) is 0. The van der Waals surface area contributed by atoms with E-state index in [2.05, 4.69) is 36.6 Å². The number of nitrogens with zero attached hydrogens (tertiary/aromatic N) is 1. The van der Waals surface area contributed by atoms with Gasteiger partial charge in [0.25, 0.3) is 0 Å². The highest BCUT2D eigenvalue weighted by atomic mass is 32.1. The molecule has 0 bridgehead atoms. The molecule has 88 valence electrons. The zero-order chi connectivity index (χ0) is 12.1. The van der Waals surface area contributed by atoms with E-state index in [0.717, 1.165) is 10.5 Å². The van der Waals surface area contributed by atoms with Gasteiger partial charge in [0.1, 0.15) is 5.01 Å².